The molecule has 0 fully saturated rings. The van der Waals surface area contributed by atoms with Crippen LogP contribution < -0.4 is 10.9 Å². The van der Waals surface area contributed by atoms with Gasteiger partial charge >= 0.3 is 0 Å². The maximum absolute atomic E-state index is 12.9. The molecule has 1 aromatic carbocycles. The number of benzene rings is 1. The van der Waals surface area contributed by atoms with Crippen LogP contribution in [0.3, 0.4) is 0 Å². The van der Waals surface area contributed by atoms with E-state index in [1.54, 1.807) is 29.5 Å². The van der Waals surface area contributed by atoms with Crippen LogP contribution in [0.15, 0.2) is 29.3 Å². The van der Waals surface area contributed by atoms with Crippen LogP contribution in [-0.2, 0) is 24.2 Å². The predicted octanol–water partition coefficient (Wildman–Crippen LogP) is 4.28. The lowest BCUT2D eigenvalue weighted by Crippen LogP contribution is -2.28. The summed E-state index contributed by atoms with van der Waals surface area (Å²) < 4.78 is 1.34. The van der Waals surface area contributed by atoms with Crippen molar-refractivity contribution in [2.75, 3.05) is 5.32 Å². The summed E-state index contributed by atoms with van der Waals surface area (Å²) in [7, 11) is 0. The standard InChI is InChI=1S/C18H15Cl2N3O2S/c19-11-5-3-6-12(20)16(11)22-14(24)8-23-9-21-17-15(18(23)25)10-4-1-2-7-13(10)26-17/h3,5-6,9H,1-2,4,7-8H2,(H,22,24). The van der Waals surface area contributed by atoms with Crippen LogP contribution >= 0.6 is 34.5 Å². The molecule has 1 aliphatic carbocycles. The van der Waals surface area contributed by atoms with Crippen molar-refractivity contribution >= 4 is 56.3 Å². The lowest BCUT2D eigenvalue weighted by molar-refractivity contribution is -0.116. The number of fused-ring (bicyclic) bond motifs is 3. The Labute approximate surface area is 163 Å². The van der Waals surface area contributed by atoms with E-state index in [0.29, 0.717) is 21.1 Å². The highest BCUT2D eigenvalue weighted by atomic mass is 35.5. The number of nitrogens with one attached hydrogen (secondary N) is 1. The average molecular weight is 408 g/mol. The number of hydrogen-bond donors (Lipinski definition) is 1. The van der Waals surface area contributed by atoms with Gasteiger partial charge in [0.05, 0.1) is 27.4 Å². The summed E-state index contributed by atoms with van der Waals surface area (Å²) in [5, 5.41) is 4.03. The number of aromatic nitrogens is 2. The minimum absolute atomic E-state index is 0.145. The number of amides is 1. The molecule has 0 aliphatic heterocycles. The summed E-state index contributed by atoms with van der Waals surface area (Å²) in [6.07, 6.45) is 5.56. The number of thiophene rings is 1. The molecule has 8 heteroatoms. The molecule has 5 nitrogen and oxygen atoms in total. The molecule has 0 saturated carbocycles. The van der Waals surface area contributed by atoms with Crippen molar-refractivity contribution in [2.45, 2.75) is 32.2 Å². The van der Waals surface area contributed by atoms with Gasteiger partial charge in [-0.05, 0) is 43.4 Å². The third-order valence-corrected chi connectivity index (χ3v) is 6.31. The van der Waals surface area contributed by atoms with E-state index in [4.69, 9.17) is 23.2 Å². The van der Waals surface area contributed by atoms with Crippen LogP contribution in [0.2, 0.25) is 10.0 Å². The van der Waals surface area contributed by atoms with Gasteiger partial charge < -0.3 is 5.32 Å². The topological polar surface area (TPSA) is 64.0 Å². The summed E-state index contributed by atoms with van der Waals surface area (Å²) in [6, 6.07) is 4.98. The fourth-order valence-electron chi connectivity index (χ4n) is 3.24. The van der Waals surface area contributed by atoms with Gasteiger partial charge in [-0.3, -0.25) is 14.2 Å². The number of hydrogen-bond acceptors (Lipinski definition) is 4. The zero-order chi connectivity index (χ0) is 18.3. The molecule has 26 heavy (non-hydrogen) atoms. The van der Waals surface area contributed by atoms with Crippen LogP contribution in [0, 0.1) is 0 Å². The van der Waals surface area contributed by atoms with Crippen LogP contribution in [0.5, 0.6) is 0 Å². The Morgan fingerprint density at radius 2 is 1.96 bits per heavy atom. The molecule has 2 aromatic heterocycles. The zero-order valence-electron chi connectivity index (χ0n) is 13.7. The molecule has 0 radical (unpaired) electrons. The number of aryl methyl sites for hydroxylation is 2. The maximum Gasteiger partial charge on any atom is 0.262 e. The first-order chi connectivity index (χ1) is 12.5. The van der Waals surface area contributed by atoms with E-state index in [9.17, 15) is 9.59 Å². The van der Waals surface area contributed by atoms with Crippen molar-refractivity contribution < 1.29 is 4.79 Å². The zero-order valence-corrected chi connectivity index (χ0v) is 16.0. The van der Waals surface area contributed by atoms with Crippen LogP contribution in [-0.4, -0.2) is 15.5 Å². The van der Waals surface area contributed by atoms with Crippen molar-refractivity contribution in [3.63, 3.8) is 0 Å². The first-order valence-corrected chi connectivity index (χ1v) is 9.85. The monoisotopic (exact) mass is 407 g/mol. The first-order valence-electron chi connectivity index (χ1n) is 8.28. The second-order valence-corrected chi connectivity index (χ2v) is 8.11. The lowest BCUT2D eigenvalue weighted by atomic mass is 9.97. The first kappa shape index (κ1) is 17.5. The third kappa shape index (κ3) is 3.13. The number of anilines is 1. The Kier molecular flexibility index (Phi) is 4.73. The molecule has 134 valence electrons. The van der Waals surface area contributed by atoms with Gasteiger partial charge in [0, 0.05) is 4.88 Å². The fourth-order valence-corrected chi connectivity index (χ4v) is 4.96. The third-order valence-electron chi connectivity index (χ3n) is 4.48. The smallest absolute Gasteiger partial charge is 0.262 e. The molecular formula is C18H15Cl2N3O2S. The van der Waals surface area contributed by atoms with Gasteiger partial charge in [-0.2, -0.15) is 0 Å². The predicted molar refractivity (Wildman–Crippen MR) is 106 cm³/mol. The van der Waals surface area contributed by atoms with E-state index in [0.717, 1.165) is 36.1 Å². The van der Waals surface area contributed by atoms with E-state index in [2.05, 4.69) is 10.3 Å². The van der Waals surface area contributed by atoms with Gasteiger partial charge in [-0.15, -0.1) is 11.3 Å². The summed E-state index contributed by atoms with van der Waals surface area (Å²) in [4.78, 5) is 31.7. The van der Waals surface area contributed by atoms with Gasteiger partial charge in [0.15, 0.2) is 0 Å². The molecule has 0 spiro atoms. The van der Waals surface area contributed by atoms with Crippen molar-refractivity contribution in [3.8, 4) is 0 Å². The van der Waals surface area contributed by atoms with Gasteiger partial charge in [-0.1, -0.05) is 29.3 Å². The normalized spacial score (nSPS) is 13.6. The van der Waals surface area contributed by atoms with Gasteiger partial charge in [0.2, 0.25) is 5.91 Å². The lowest BCUT2D eigenvalue weighted by Gasteiger charge is -2.11. The highest BCUT2D eigenvalue weighted by molar-refractivity contribution is 7.18. The molecule has 1 aliphatic rings. The molecule has 0 bridgehead atoms. The molecule has 4 rings (SSSR count). The van der Waals surface area contributed by atoms with Gasteiger partial charge in [-0.25, -0.2) is 4.98 Å². The number of carbonyl (C=O) groups is 1. The molecule has 0 saturated heterocycles. The molecular weight excluding hydrogens is 393 g/mol. The molecule has 0 atom stereocenters. The highest BCUT2D eigenvalue weighted by Crippen LogP contribution is 2.33. The van der Waals surface area contributed by atoms with Crippen molar-refractivity contribution in [1.82, 2.24) is 9.55 Å². The molecule has 1 N–H and O–H groups in total. The Bertz CT molecular complexity index is 1050. The van der Waals surface area contributed by atoms with Gasteiger partial charge in [0.1, 0.15) is 11.4 Å². The van der Waals surface area contributed by atoms with Crippen LogP contribution in [0.25, 0.3) is 10.2 Å². The fraction of sp³-hybridized carbons (Fsp3) is 0.278. The molecule has 0 unspecified atom stereocenters. The Balaban J connectivity index is 1.64. The van der Waals surface area contributed by atoms with E-state index in [1.165, 1.54) is 15.8 Å². The Morgan fingerprint density at radius 1 is 1.23 bits per heavy atom. The Morgan fingerprint density at radius 3 is 2.73 bits per heavy atom. The van der Waals surface area contributed by atoms with Crippen molar-refractivity contribution in [3.05, 3.63) is 55.4 Å². The number of nitrogens with zero attached hydrogens (tertiary/aromatic N) is 2. The highest BCUT2D eigenvalue weighted by Gasteiger charge is 2.20. The average Bonchev–Trinajstić information content (AvgIpc) is 3.00. The number of rotatable bonds is 3. The van der Waals surface area contributed by atoms with Crippen molar-refractivity contribution in [2.24, 2.45) is 0 Å². The second-order valence-electron chi connectivity index (χ2n) is 6.21. The summed E-state index contributed by atoms with van der Waals surface area (Å²) in [5.74, 6) is -0.382. The Hall–Kier alpha value is -1.89. The number of carbonyl (C=O) groups excluding carboxylic acids is 1. The number of para-hydroxylation sites is 1. The summed E-state index contributed by atoms with van der Waals surface area (Å²) in [5.41, 5.74) is 1.28. The minimum atomic E-state index is -0.382. The van der Waals surface area contributed by atoms with Crippen LogP contribution in [0.1, 0.15) is 23.3 Å². The van der Waals surface area contributed by atoms with Crippen LogP contribution in [0.4, 0.5) is 5.69 Å². The van der Waals surface area contributed by atoms with Crippen molar-refractivity contribution in [1.29, 1.82) is 0 Å². The SMILES string of the molecule is O=C(Cn1cnc2sc3c(c2c1=O)CCCC3)Nc1c(Cl)cccc1Cl. The largest absolute Gasteiger partial charge is 0.322 e. The molecule has 2 heterocycles. The number of halogens is 2. The quantitative estimate of drug-likeness (QED) is 0.704. The van der Waals surface area contributed by atoms with E-state index in [-0.39, 0.29) is 18.0 Å². The minimum Gasteiger partial charge on any atom is -0.322 e. The maximum atomic E-state index is 12.9. The van der Waals surface area contributed by atoms with E-state index in [1.807, 2.05) is 0 Å². The molecule has 1 amide bonds. The van der Waals surface area contributed by atoms with E-state index >= 15 is 0 Å². The van der Waals surface area contributed by atoms with E-state index < -0.39 is 0 Å². The summed E-state index contributed by atoms with van der Waals surface area (Å²) >= 11 is 13.7. The summed E-state index contributed by atoms with van der Waals surface area (Å²) in [6.45, 7) is -0.145. The second kappa shape index (κ2) is 7.02. The van der Waals surface area contributed by atoms with Gasteiger partial charge in [0.25, 0.3) is 5.56 Å². The molecule has 3 aromatic rings.